The molecule has 0 fully saturated rings. The molecule has 1 amide bonds. The summed E-state index contributed by atoms with van der Waals surface area (Å²) in [4.78, 5) is 15.8. The van der Waals surface area contributed by atoms with Gasteiger partial charge in [0.2, 0.25) is 15.9 Å². The summed E-state index contributed by atoms with van der Waals surface area (Å²) in [6.45, 7) is -0.250. The monoisotopic (exact) mass is 457 g/mol. The molecule has 0 unspecified atom stereocenters. The van der Waals surface area contributed by atoms with Crippen molar-refractivity contribution in [3.05, 3.63) is 59.1 Å². The minimum Gasteiger partial charge on any atom is -0.355 e. The van der Waals surface area contributed by atoms with E-state index >= 15 is 0 Å². The van der Waals surface area contributed by atoms with Gasteiger partial charge in [0.15, 0.2) is 0 Å². The lowest BCUT2D eigenvalue weighted by Crippen LogP contribution is -2.37. The number of sulfonamides is 1. The number of fused-ring (bicyclic) bond motifs is 1. The van der Waals surface area contributed by atoms with E-state index in [0.717, 1.165) is 33.4 Å². The first-order chi connectivity index (χ1) is 14.1. The zero-order valence-electron chi connectivity index (χ0n) is 15.6. The number of amides is 1. The fourth-order valence-corrected chi connectivity index (χ4v) is 4.68. The molecule has 0 aliphatic heterocycles. The Hall–Kier alpha value is -2.50. The second kappa shape index (κ2) is 9.11. The molecule has 2 aromatic carbocycles. The van der Waals surface area contributed by atoms with Crippen molar-refractivity contribution in [1.29, 1.82) is 0 Å². The first-order valence-corrected chi connectivity index (χ1v) is 11.2. The standard InChI is InChI=1S/C19H18F3N3O3S2/c20-19(21,22)13-5-3-6-14(11-13)30(27,28)24-12-17(26)23-10-4-9-18-25-15-7-1-2-8-16(15)29-18/h1-3,5-8,11,24H,4,9-10,12H2,(H,23,26). The number of hydrogen-bond donors (Lipinski definition) is 2. The number of thiazole rings is 1. The number of aromatic nitrogens is 1. The van der Waals surface area contributed by atoms with Gasteiger partial charge in [-0.25, -0.2) is 18.1 Å². The summed E-state index contributed by atoms with van der Waals surface area (Å²) in [7, 11) is -4.25. The predicted molar refractivity (Wildman–Crippen MR) is 108 cm³/mol. The van der Waals surface area contributed by atoms with Crippen molar-refractivity contribution in [1.82, 2.24) is 15.0 Å². The third kappa shape index (κ3) is 5.77. The van der Waals surface area contributed by atoms with Crippen LogP contribution in [0, 0.1) is 0 Å². The Balaban J connectivity index is 1.45. The molecule has 0 aliphatic carbocycles. The Morgan fingerprint density at radius 2 is 1.87 bits per heavy atom. The lowest BCUT2D eigenvalue weighted by Gasteiger charge is -2.10. The topological polar surface area (TPSA) is 88.2 Å². The van der Waals surface area contributed by atoms with E-state index in [-0.39, 0.29) is 0 Å². The number of alkyl halides is 3. The molecule has 2 N–H and O–H groups in total. The number of benzene rings is 2. The molecule has 0 atom stereocenters. The highest BCUT2D eigenvalue weighted by Crippen LogP contribution is 2.30. The van der Waals surface area contributed by atoms with E-state index in [1.54, 1.807) is 11.3 Å². The number of nitrogens with one attached hydrogen (secondary N) is 2. The molecule has 11 heteroatoms. The largest absolute Gasteiger partial charge is 0.416 e. The number of nitrogens with zero attached hydrogens (tertiary/aromatic N) is 1. The van der Waals surface area contributed by atoms with Gasteiger partial charge in [-0.15, -0.1) is 11.3 Å². The van der Waals surface area contributed by atoms with E-state index in [1.165, 1.54) is 0 Å². The van der Waals surface area contributed by atoms with Crippen LogP contribution in [0.1, 0.15) is 17.0 Å². The van der Waals surface area contributed by atoms with Crippen molar-refractivity contribution in [2.75, 3.05) is 13.1 Å². The van der Waals surface area contributed by atoms with Crippen molar-refractivity contribution in [2.24, 2.45) is 0 Å². The average molecular weight is 457 g/mol. The molecule has 0 bridgehead atoms. The molecule has 0 saturated heterocycles. The van der Waals surface area contributed by atoms with E-state index < -0.39 is 39.1 Å². The summed E-state index contributed by atoms with van der Waals surface area (Å²) in [6, 6.07) is 11.1. The van der Waals surface area contributed by atoms with Crippen LogP contribution in [-0.4, -0.2) is 32.4 Å². The number of para-hydroxylation sites is 1. The van der Waals surface area contributed by atoms with E-state index in [2.05, 4.69) is 10.3 Å². The zero-order chi connectivity index (χ0) is 21.8. The van der Waals surface area contributed by atoms with Gasteiger partial charge in [0.1, 0.15) is 0 Å². The molecule has 160 valence electrons. The van der Waals surface area contributed by atoms with E-state index in [1.807, 2.05) is 29.0 Å². The summed E-state index contributed by atoms with van der Waals surface area (Å²) in [5.74, 6) is -0.574. The molecule has 0 radical (unpaired) electrons. The van der Waals surface area contributed by atoms with Gasteiger partial charge in [0, 0.05) is 13.0 Å². The Kier molecular flexibility index (Phi) is 6.74. The van der Waals surface area contributed by atoms with E-state index in [9.17, 15) is 26.4 Å². The molecular formula is C19H18F3N3O3S2. The lowest BCUT2D eigenvalue weighted by molar-refractivity contribution is -0.137. The maximum absolute atomic E-state index is 12.7. The highest BCUT2D eigenvalue weighted by atomic mass is 32.2. The number of carbonyl (C=O) groups is 1. The second-order valence-electron chi connectivity index (χ2n) is 6.38. The fraction of sp³-hybridized carbons (Fsp3) is 0.263. The van der Waals surface area contributed by atoms with Crippen molar-refractivity contribution in [2.45, 2.75) is 23.9 Å². The summed E-state index contributed by atoms with van der Waals surface area (Å²) in [6.07, 6.45) is -3.38. The Morgan fingerprint density at radius 1 is 1.10 bits per heavy atom. The Labute approximate surface area is 175 Å². The van der Waals surface area contributed by atoms with Crippen LogP contribution in [0.25, 0.3) is 10.2 Å². The molecule has 30 heavy (non-hydrogen) atoms. The molecule has 1 aromatic heterocycles. The van der Waals surface area contributed by atoms with Crippen molar-refractivity contribution < 1.29 is 26.4 Å². The summed E-state index contributed by atoms with van der Waals surface area (Å²) >= 11 is 1.57. The van der Waals surface area contributed by atoms with Gasteiger partial charge in [-0.1, -0.05) is 18.2 Å². The molecule has 1 heterocycles. The van der Waals surface area contributed by atoms with Crippen molar-refractivity contribution in [3.8, 4) is 0 Å². The number of halogens is 3. The van der Waals surface area contributed by atoms with Crippen LogP contribution in [0.2, 0.25) is 0 Å². The number of carbonyl (C=O) groups excluding carboxylic acids is 1. The maximum Gasteiger partial charge on any atom is 0.416 e. The molecule has 3 rings (SSSR count). The predicted octanol–water partition coefficient (Wildman–Crippen LogP) is 3.34. The van der Waals surface area contributed by atoms with Gasteiger partial charge >= 0.3 is 6.18 Å². The zero-order valence-corrected chi connectivity index (χ0v) is 17.2. The summed E-state index contributed by atoms with van der Waals surface area (Å²) in [5.41, 5.74) is -0.157. The van der Waals surface area contributed by atoms with Gasteiger partial charge in [0.25, 0.3) is 0 Å². The molecule has 0 saturated carbocycles. The first-order valence-electron chi connectivity index (χ1n) is 8.93. The fourth-order valence-electron chi connectivity index (χ4n) is 2.64. The van der Waals surface area contributed by atoms with Crippen molar-refractivity contribution >= 4 is 37.5 Å². The SMILES string of the molecule is O=C(CNS(=O)(=O)c1cccc(C(F)(F)F)c1)NCCCc1nc2ccccc2s1. The Bertz CT molecular complexity index is 1110. The van der Waals surface area contributed by atoms with Gasteiger partial charge < -0.3 is 5.32 Å². The minimum atomic E-state index is -4.66. The highest BCUT2D eigenvalue weighted by Gasteiger charge is 2.31. The van der Waals surface area contributed by atoms with E-state index in [0.29, 0.717) is 25.5 Å². The van der Waals surface area contributed by atoms with Gasteiger partial charge in [-0.3, -0.25) is 4.79 Å². The highest BCUT2D eigenvalue weighted by molar-refractivity contribution is 7.89. The number of aryl methyl sites for hydroxylation is 1. The normalized spacial score (nSPS) is 12.2. The first kappa shape index (κ1) is 22.2. The summed E-state index contributed by atoms with van der Waals surface area (Å²) < 4.78 is 65.6. The van der Waals surface area contributed by atoms with Crippen LogP contribution < -0.4 is 10.0 Å². The molecule has 0 aliphatic rings. The van der Waals surface area contributed by atoms with E-state index in [4.69, 9.17) is 0 Å². The van der Waals surface area contributed by atoms with Crippen molar-refractivity contribution in [3.63, 3.8) is 0 Å². The van der Waals surface area contributed by atoms with Crippen LogP contribution in [-0.2, 0) is 27.4 Å². The summed E-state index contributed by atoms with van der Waals surface area (Å²) in [5, 5.41) is 3.52. The van der Waals surface area contributed by atoms with Crippen LogP contribution >= 0.6 is 11.3 Å². The third-order valence-corrected chi connectivity index (χ3v) is 6.62. The van der Waals surface area contributed by atoms with Crippen LogP contribution in [0.4, 0.5) is 13.2 Å². The lowest BCUT2D eigenvalue weighted by atomic mass is 10.2. The Morgan fingerprint density at radius 3 is 2.60 bits per heavy atom. The quantitative estimate of drug-likeness (QED) is 0.508. The number of hydrogen-bond acceptors (Lipinski definition) is 5. The third-order valence-electron chi connectivity index (χ3n) is 4.12. The average Bonchev–Trinajstić information content (AvgIpc) is 3.12. The molecular weight excluding hydrogens is 439 g/mol. The molecule has 6 nitrogen and oxygen atoms in total. The van der Waals surface area contributed by atoms with Gasteiger partial charge in [-0.2, -0.15) is 13.2 Å². The minimum absolute atomic E-state index is 0.319. The van der Waals surface area contributed by atoms with Crippen LogP contribution in [0.5, 0.6) is 0 Å². The van der Waals surface area contributed by atoms with Gasteiger partial charge in [-0.05, 0) is 36.8 Å². The molecule has 3 aromatic rings. The van der Waals surface area contributed by atoms with Gasteiger partial charge in [0.05, 0.1) is 32.2 Å². The smallest absolute Gasteiger partial charge is 0.355 e. The molecule has 0 spiro atoms. The second-order valence-corrected chi connectivity index (χ2v) is 9.26. The maximum atomic E-state index is 12.7. The number of rotatable bonds is 8. The van der Waals surface area contributed by atoms with Crippen LogP contribution in [0.15, 0.2) is 53.4 Å². The van der Waals surface area contributed by atoms with Crippen LogP contribution in [0.3, 0.4) is 0 Å².